The molecule has 3 rings (SSSR count). The van der Waals surface area contributed by atoms with Crippen molar-refractivity contribution in [3.05, 3.63) is 47.5 Å². The molecule has 2 bridgehead atoms. The molecule has 1 heteroatoms. The Labute approximate surface area is 85.0 Å². The van der Waals surface area contributed by atoms with E-state index in [0.717, 1.165) is 12.6 Å². The van der Waals surface area contributed by atoms with Crippen molar-refractivity contribution in [1.82, 2.24) is 4.90 Å². The number of likely N-dealkylation sites (tertiary alicyclic amines) is 1. The predicted molar refractivity (Wildman–Crippen MR) is 58.0 cm³/mol. The summed E-state index contributed by atoms with van der Waals surface area (Å²) in [5.41, 5.74) is 3.10. The van der Waals surface area contributed by atoms with Crippen LogP contribution >= 0.6 is 0 Å². The summed E-state index contributed by atoms with van der Waals surface area (Å²) in [4.78, 5) is 2.60. The highest BCUT2D eigenvalue weighted by molar-refractivity contribution is 5.22. The average molecular weight is 185 g/mol. The highest BCUT2D eigenvalue weighted by Gasteiger charge is 2.31. The average Bonchev–Trinajstić information content (AvgIpc) is 2.81. The van der Waals surface area contributed by atoms with Gasteiger partial charge in [0.15, 0.2) is 0 Å². The Bertz CT molecular complexity index is 353. The first-order valence-electron chi connectivity index (χ1n) is 5.38. The van der Waals surface area contributed by atoms with Crippen LogP contribution in [0, 0.1) is 0 Å². The number of fused-ring (bicyclic) bond motifs is 2. The fourth-order valence-corrected chi connectivity index (χ4v) is 2.57. The second kappa shape index (κ2) is 3.25. The quantitative estimate of drug-likeness (QED) is 0.640. The van der Waals surface area contributed by atoms with Crippen molar-refractivity contribution in [1.29, 1.82) is 0 Å². The number of rotatable bonds is 2. The van der Waals surface area contributed by atoms with E-state index < -0.39 is 0 Å². The molecule has 0 N–H and O–H groups in total. The molecule has 14 heavy (non-hydrogen) atoms. The molecule has 1 fully saturated rings. The summed E-state index contributed by atoms with van der Waals surface area (Å²) in [7, 11) is 0. The van der Waals surface area contributed by atoms with Crippen molar-refractivity contribution in [3.8, 4) is 0 Å². The van der Waals surface area contributed by atoms with Gasteiger partial charge in [0, 0.05) is 19.1 Å². The Balaban J connectivity index is 1.72. The van der Waals surface area contributed by atoms with Gasteiger partial charge in [0.05, 0.1) is 0 Å². The maximum Gasteiger partial charge on any atom is 0.0240 e. The first kappa shape index (κ1) is 8.25. The van der Waals surface area contributed by atoms with Gasteiger partial charge in [-0.05, 0) is 18.4 Å². The number of nitrogens with zero attached hydrogens (tertiary/aromatic N) is 1. The lowest BCUT2D eigenvalue weighted by Gasteiger charge is -2.24. The Morgan fingerprint density at radius 3 is 2.71 bits per heavy atom. The molecule has 1 aromatic carbocycles. The smallest absolute Gasteiger partial charge is 0.0240 e. The van der Waals surface area contributed by atoms with Crippen LogP contribution in [0.5, 0.6) is 0 Å². The van der Waals surface area contributed by atoms with E-state index in [-0.39, 0.29) is 0 Å². The molecule has 1 atom stereocenters. The molecular formula is C13H15N. The van der Waals surface area contributed by atoms with E-state index in [2.05, 4.69) is 41.3 Å². The van der Waals surface area contributed by atoms with E-state index in [1.807, 2.05) is 0 Å². The zero-order valence-corrected chi connectivity index (χ0v) is 8.32. The van der Waals surface area contributed by atoms with Crippen LogP contribution in [0.3, 0.4) is 0 Å². The first-order valence-corrected chi connectivity index (χ1v) is 5.38. The lowest BCUT2D eigenvalue weighted by Crippen LogP contribution is -2.29. The molecule has 1 aromatic rings. The van der Waals surface area contributed by atoms with Crippen molar-refractivity contribution in [2.24, 2.45) is 0 Å². The van der Waals surface area contributed by atoms with Crippen LogP contribution in [0.1, 0.15) is 18.4 Å². The van der Waals surface area contributed by atoms with Gasteiger partial charge in [-0.2, -0.15) is 0 Å². The van der Waals surface area contributed by atoms with E-state index in [1.54, 1.807) is 5.57 Å². The van der Waals surface area contributed by atoms with Crippen molar-refractivity contribution < 1.29 is 0 Å². The fraction of sp³-hybridized carbons (Fsp3) is 0.385. The molecule has 0 saturated carbocycles. The highest BCUT2D eigenvalue weighted by atomic mass is 15.2. The van der Waals surface area contributed by atoms with Gasteiger partial charge < -0.3 is 0 Å². The summed E-state index contributed by atoms with van der Waals surface area (Å²) < 4.78 is 0. The summed E-state index contributed by atoms with van der Waals surface area (Å²) >= 11 is 0. The van der Waals surface area contributed by atoms with Gasteiger partial charge in [-0.3, -0.25) is 4.90 Å². The molecule has 1 aliphatic heterocycles. The van der Waals surface area contributed by atoms with Crippen molar-refractivity contribution in [2.45, 2.75) is 25.4 Å². The van der Waals surface area contributed by atoms with Gasteiger partial charge in [0.25, 0.3) is 0 Å². The summed E-state index contributed by atoms with van der Waals surface area (Å²) in [5, 5.41) is 0. The van der Waals surface area contributed by atoms with Gasteiger partial charge in [-0.15, -0.1) is 0 Å². The Hall–Kier alpha value is -1.08. The molecule has 1 saturated heterocycles. The minimum Gasteiger partial charge on any atom is -0.292 e. The van der Waals surface area contributed by atoms with Crippen LogP contribution < -0.4 is 0 Å². The molecule has 1 nitrogen and oxygen atoms in total. The third-order valence-corrected chi connectivity index (χ3v) is 3.33. The Kier molecular flexibility index (Phi) is 1.91. The summed E-state index contributed by atoms with van der Waals surface area (Å²) in [6.45, 7) is 2.34. The van der Waals surface area contributed by atoms with Gasteiger partial charge in [-0.1, -0.05) is 42.0 Å². The highest BCUT2D eigenvalue weighted by Crippen LogP contribution is 2.32. The number of benzene rings is 1. The maximum absolute atomic E-state index is 2.60. The molecular weight excluding hydrogens is 170 g/mol. The van der Waals surface area contributed by atoms with Crippen LogP contribution in [-0.2, 0) is 6.54 Å². The zero-order valence-electron chi connectivity index (χ0n) is 8.32. The van der Waals surface area contributed by atoms with E-state index in [1.165, 1.54) is 24.9 Å². The zero-order chi connectivity index (χ0) is 9.38. The lowest BCUT2D eigenvalue weighted by atomic mass is 10.1. The number of hydrogen-bond donors (Lipinski definition) is 0. The Morgan fingerprint density at radius 2 is 2.07 bits per heavy atom. The SMILES string of the molecule is C1=C2CC(C1)N(Cc1ccccc1)C2. The summed E-state index contributed by atoms with van der Waals surface area (Å²) in [5.74, 6) is 0. The third kappa shape index (κ3) is 1.38. The summed E-state index contributed by atoms with van der Waals surface area (Å²) in [6.07, 6.45) is 5.03. The molecule has 0 amide bonds. The van der Waals surface area contributed by atoms with Crippen LogP contribution in [0.2, 0.25) is 0 Å². The van der Waals surface area contributed by atoms with Gasteiger partial charge >= 0.3 is 0 Å². The molecule has 1 heterocycles. The van der Waals surface area contributed by atoms with Crippen molar-refractivity contribution in [2.75, 3.05) is 6.54 Å². The number of hydrogen-bond acceptors (Lipinski definition) is 1. The van der Waals surface area contributed by atoms with E-state index in [4.69, 9.17) is 0 Å². The fourth-order valence-electron chi connectivity index (χ4n) is 2.57. The van der Waals surface area contributed by atoms with Crippen molar-refractivity contribution in [3.63, 3.8) is 0 Å². The van der Waals surface area contributed by atoms with Gasteiger partial charge in [0.1, 0.15) is 0 Å². The Morgan fingerprint density at radius 1 is 1.21 bits per heavy atom. The molecule has 2 aliphatic rings. The van der Waals surface area contributed by atoms with Crippen LogP contribution in [0.25, 0.3) is 0 Å². The molecule has 1 unspecified atom stereocenters. The lowest BCUT2D eigenvalue weighted by molar-refractivity contribution is 0.244. The van der Waals surface area contributed by atoms with Crippen molar-refractivity contribution >= 4 is 0 Å². The van der Waals surface area contributed by atoms with E-state index >= 15 is 0 Å². The minimum absolute atomic E-state index is 0.810. The van der Waals surface area contributed by atoms with Crippen LogP contribution in [0.4, 0.5) is 0 Å². The molecule has 0 spiro atoms. The second-order valence-electron chi connectivity index (χ2n) is 4.35. The largest absolute Gasteiger partial charge is 0.292 e. The third-order valence-electron chi connectivity index (χ3n) is 3.33. The van der Waals surface area contributed by atoms with E-state index in [0.29, 0.717) is 0 Å². The normalized spacial score (nSPS) is 25.4. The maximum atomic E-state index is 2.60. The standard InChI is InChI=1S/C13H15N/c1-2-4-11(5-3-1)9-14-10-12-6-7-13(14)8-12/h1-6,13H,7-10H2. The summed E-state index contributed by atoms with van der Waals surface area (Å²) in [6, 6.07) is 11.6. The van der Waals surface area contributed by atoms with E-state index in [9.17, 15) is 0 Å². The molecule has 0 aromatic heterocycles. The van der Waals surface area contributed by atoms with Gasteiger partial charge in [-0.25, -0.2) is 0 Å². The predicted octanol–water partition coefficient (Wildman–Crippen LogP) is 2.59. The monoisotopic (exact) mass is 185 g/mol. The second-order valence-corrected chi connectivity index (χ2v) is 4.35. The molecule has 1 aliphatic carbocycles. The molecule has 0 radical (unpaired) electrons. The topological polar surface area (TPSA) is 3.24 Å². The van der Waals surface area contributed by atoms with Crippen LogP contribution in [0.15, 0.2) is 42.0 Å². The van der Waals surface area contributed by atoms with Gasteiger partial charge in [0.2, 0.25) is 0 Å². The minimum atomic E-state index is 0.810. The first-order chi connectivity index (χ1) is 6.92. The van der Waals surface area contributed by atoms with Crippen LogP contribution in [-0.4, -0.2) is 17.5 Å². The molecule has 72 valence electrons.